The largest absolute Gasteiger partial charge is 0.479 e. The summed E-state index contributed by atoms with van der Waals surface area (Å²) in [5.41, 5.74) is 0.295. The Morgan fingerprint density at radius 1 is 1.28 bits per heavy atom. The van der Waals surface area contributed by atoms with Crippen molar-refractivity contribution in [3.63, 3.8) is 0 Å². The third-order valence-corrected chi connectivity index (χ3v) is 5.03. The highest BCUT2D eigenvalue weighted by atomic mass is 16.5. The van der Waals surface area contributed by atoms with Gasteiger partial charge in [0.05, 0.1) is 13.2 Å². The SMILES string of the molecule is Cc1nccn1C1(C(=O)O)CCN(CCOCc2ccccc2)CC1. The summed E-state index contributed by atoms with van der Waals surface area (Å²) in [6.07, 6.45) is 4.61. The van der Waals surface area contributed by atoms with Gasteiger partial charge in [0, 0.05) is 32.0 Å². The highest BCUT2D eigenvalue weighted by Gasteiger charge is 2.43. The van der Waals surface area contributed by atoms with Gasteiger partial charge in [0.15, 0.2) is 0 Å². The molecular weight excluding hydrogens is 318 g/mol. The predicted molar refractivity (Wildman–Crippen MR) is 94.3 cm³/mol. The van der Waals surface area contributed by atoms with Crippen molar-refractivity contribution in [2.24, 2.45) is 0 Å². The van der Waals surface area contributed by atoms with Gasteiger partial charge in [0.1, 0.15) is 11.4 Å². The molecule has 0 unspecified atom stereocenters. The number of hydrogen-bond acceptors (Lipinski definition) is 4. The lowest BCUT2D eigenvalue weighted by molar-refractivity contribution is -0.150. The Bertz CT molecular complexity index is 691. The molecule has 3 rings (SSSR count). The van der Waals surface area contributed by atoms with Gasteiger partial charge in [-0.2, -0.15) is 0 Å². The molecule has 1 saturated heterocycles. The summed E-state index contributed by atoms with van der Waals surface area (Å²) in [6.45, 7) is 5.44. The first-order valence-electron chi connectivity index (χ1n) is 8.70. The van der Waals surface area contributed by atoms with E-state index in [1.807, 2.05) is 29.7 Å². The third kappa shape index (κ3) is 3.91. The molecule has 6 nitrogen and oxygen atoms in total. The molecule has 0 radical (unpaired) electrons. The van der Waals surface area contributed by atoms with Gasteiger partial charge in [-0.05, 0) is 25.3 Å². The van der Waals surface area contributed by atoms with Crippen LogP contribution in [0.25, 0.3) is 0 Å². The van der Waals surface area contributed by atoms with Gasteiger partial charge >= 0.3 is 5.97 Å². The van der Waals surface area contributed by atoms with Crippen molar-refractivity contribution in [1.29, 1.82) is 0 Å². The number of aromatic nitrogens is 2. The van der Waals surface area contributed by atoms with Crippen LogP contribution in [-0.4, -0.2) is 51.8 Å². The molecular formula is C19H25N3O3. The zero-order valence-corrected chi connectivity index (χ0v) is 14.6. The second-order valence-electron chi connectivity index (χ2n) is 6.56. The lowest BCUT2D eigenvalue weighted by Gasteiger charge is -2.40. The topological polar surface area (TPSA) is 67.6 Å². The van der Waals surface area contributed by atoms with Crippen molar-refractivity contribution in [1.82, 2.24) is 14.5 Å². The maximum atomic E-state index is 12.0. The van der Waals surface area contributed by atoms with Crippen LogP contribution in [0.5, 0.6) is 0 Å². The summed E-state index contributed by atoms with van der Waals surface area (Å²) < 4.78 is 7.56. The molecule has 6 heteroatoms. The smallest absolute Gasteiger partial charge is 0.330 e. The average Bonchev–Trinajstić information content (AvgIpc) is 3.06. The number of aryl methyl sites for hydroxylation is 1. The Balaban J connectivity index is 1.49. The molecule has 1 aliphatic heterocycles. The summed E-state index contributed by atoms with van der Waals surface area (Å²) in [5.74, 6) is -0.0179. The van der Waals surface area contributed by atoms with Crippen LogP contribution in [0, 0.1) is 6.92 Å². The number of likely N-dealkylation sites (tertiary alicyclic amines) is 1. The van der Waals surface area contributed by atoms with Crippen LogP contribution in [0.1, 0.15) is 24.2 Å². The standard InChI is InChI=1S/C19H25N3O3/c1-16-20-9-12-22(16)19(18(23)24)7-10-21(11-8-19)13-14-25-15-17-5-3-2-4-6-17/h2-6,9,12H,7-8,10-11,13-15H2,1H3,(H,23,24). The summed E-state index contributed by atoms with van der Waals surface area (Å²) in [7, 11) is 0. The minimum absolute atomic E-state index is 0.582. The van der Waals surface area contributed by atoms with E-state index in [-0.39, 0.29) is 0 Å². The number of piperidine rings is 1. The zero-order chi connectivity index (χ0) is 17.7. The van der Waals surface area contributed by atoms with E-state index in [1.165, 1.54) is 5.56 Å². The van der Waals surface area contributed by atoms with E-state index in [2.05, 4.69) is 22.0 Å². The molecule has 2 aromatic rings. The van der Waals surface area contributed by atoms with E-state index in [0.29, 0.717) is 26.1 Å². The van der Waals surface area contributed by atoms with E-state index in [9.17, 15) is 9.90 Å². The highest BCUT2D eigenvalue weighted by molar-refractivity contribution is 5.77. The minimum atomic E-state index is -0.873. The number of rotatable bonds is 7. The van der Waals surface area contributed by atoms with Gasteiger partial charge in [-0.1, -0.05) is 30.3 Å². The van der Waals surface area contributed by atoms with Gasteiger partial charge in [-0.3, -0.25) is 0 Å². The number of ether oxygens (including phenoxy) is 1. The summed E-state index contributed by atoms with van der Waals surface area (Å²) in [5, 5.41) is 9.82. The number of aliphatic carboxylic acids is 1. The summed E-state index contributed by atoms with van der Waals surface area (Å²) in [6, 6.07) is 10.1. The molecule has 134 valence electrons. The van der Waals surface area contributed by atoms with Crippen molar-refractivity contribution in [3.05, 3.63) is 54.1 Å². The van der Waals surface area contributed by atoms with Crippen molar-refractivity contribution in [2.75, 3.05) is 26.2 Å². The fourth-order valence-corrected chi connectivity index (χ4v) is 3.49. The second-order valence-corrected chi connectivity index (χ2v) is 6.56. The van der Waals surface area contributed by atoms with Crippen LogP contribution >= 0.6 is 0 Å². The molecule has 0 bridgehead atoms. The quantitative estimate of drug-likeness (QED) is 0.781. The zero-order valence-electron chi connectivity index (χ0n) is 14.6. The first-order valence-corrected chi connectivity index (χ1v) is 8.70. The van der Waals surface area contributed by atoms with Crippen LogP contribution in [0.4, 0.5) is 0 Å². The maximum Gasteiger partial charge on any atom is 0.330 e. The molecule has 1 aliphatic rings. The predicted octanol–water partition coefficient (Wildman–Crippen LogP) is 2.28. The van der Waals surface area contributed by atoms with Gasteiger partial charge < -0.3 is 19.3 Å². The van der Waals surface area contributed by atoms with E-state index in [0.717, 1.165) is 25.5 Å². The van der Waals surface area contributed by atoms with E-state index in [1.54, 1.807) is 12.4 Å². The monoisotopic (exact) mass is 343 g/mol. The summed E-state index contributed by atoms with van der Waals surface area (Å²) >= 11 is 0. The van der Waals surface area contributed by atoms with Crippen LogP contribution in [0.15, 0.2) is 42.7 Å². The Hall–Kier alpha value is -2.18. The molecule has 0 spiro atoms. The first-order chi connectivity index (χ1) is 12.1. The van der Waals surface area contributed by atoms with Gasteiger partial charge in [-0.25, -0.2) is 9.78 Å². The van der Waals surface area contributed by atoms with E-state index >= 15 is 0 Å². The van der Waals surface area contributed by atoms with Crippen molar-refractivity contribution < 1.29 is 14.6 Å². The number of carboxylic acids is 1. The molecule has 1 aromatic heterocycles. The molecule has 25 heavy (non-hydrogen) atoms. The number of hydrogen-bond donors (Lipinski definition) is 1. The van der Waals surface area contributed by atoms with E-state index in [4.69, 9.17) is 4.74 Å². The first kappa shape index (κ1) is 17.6. The lowest BCUT2D eigenvalue weighted by atomic mass is 9.87. The molecule has 1 N–H and O–H groups in total. The molecule has 0 amide bonds. The van der Waals surface area contributed by atoms with Crippen LogP contribution in [-0.2, 0) is 21.7 Å². The van der Waals surface area contributed by atoms with Gasteiger partial charge in [0.2, 0.25) is 0 Å². The molecule has 1 aromatic carbocycles. The average molecular weight is 343 g/mol. The minimum Gasteiger partial charge on any atom is -0.479 e. The van der Waals surface area contributed by atoms with Crippen LogP contribution < -0.4 is 0 Å². The molecule has 2 heterocycles. The van der Waals surface area contributed by atoms with Gasteiger partial charge in [-0.15, -0.1) is 0 Å². The number of carbonyl (C=O) groups is 1. The molecule has 1 fully saturated rings. The number of nitrogens with zero attached hydrogens (tertiary/aromatic N) is 3. The van der Waals surface area contributed by atoms with Crippen LogP contribution in [0.3, 0.4) is 0 Å². The van der Waals surface area contributed by atoms with Crippen molar-refractivity contribution in [2.45, 2.75) is 31.9 Å². The Labute approximate surface area is 148 Å². The fraction of sp³-hybridized carbons (Fsp3) is 0.474. The second kappa shape index (κ2) is 7.80. The Morgan fingerprint density at radius 2 is 2.00 bits per heavy atom. The molecule has 0 aliphatic carbocycles. The maximum absolute atomic E-state index is 12.0. The number of benzene rings is 1. The number of carboxylic acid groups (broad SMARTS) is 1. The van der Waals surface area contributed by atoms with Gasteiger partial charge in [0.25, 0.3) is 0 Å². The molecule has 0 saturated carbocycles. The lowest BCUT2D eigenvalue weighted by Crippen LogP contribution is -2.51. The Morgan fingerprint density at radius 3 is 2.60 bits per heavy atom. The fourth-order valence-electron chi connectivity index (χ4n) is 3.49. The Kier molecular flexibility index (Phi) is 5.50. The molecule has 0 atom stereocenters. The van der Waals surface area contributed by atoms with E-state index < -0.39 is 11.5 Å². The van der Waals surface area contributed by atoms with Crippen LogP contribution in [0.2, 0.25) is 0 Å². The normalized spacial score (nSPS) is 17.5. The third-order valence-electron chi connectivity index (χ3n) is 5.03. The van der Waals surface area contributed by atoms with Crippen molar-refractivity contribution >= 4 is 5.97 Å². The summed E-state index contributed by atoms with van der Waals surface area (Å²) in [4.78, 5) is 18.4. The highest BCUT2D eigenvalue weighted by Crippen LogP contribution is 2.31. The van der Waals surface area contributed by atoms with Crippen molar-refractivity contribution in [3.8, 4) is 0 Å². The number of imidazole rings is 1.